The lowest BCUT2D eigenvalue weighted by molar-refractivity contribution is 0.482. The first-order valence-electron chi connectivity index (χ1n) is 4.34. The molecule has 0 fully saturated rings. The average molecular weight is 264 g/mol. The smallest absolute Gasteiger partial charge is 0.264 e. The topological polar surface area (TPSA) is 54.4 Å². The molecule has 0 spiro atoms. The predicted molar refractivity (Wildman–Crippen MR) is 65.5 cm³/mol. The third-order valence-corrected chi connectivity index (χ3v) is 3.85. The van der Waals surface area contributed by atoms with Crippen molar-refractivity contribution in [1.82, 2.24) is 0 Å². The van der Waals surface area contributed by atoms with E-state index in [1.807, 2.05) is 24.3 Å². The minimum atomic E-state index is -3.81. The fourth-order valence-electron chi connectivity index (χ4n) is 0.974. The molecule has 0 radical (unpaired) electrons. The average Bonchev–Trinajstić information content (AvgIpc) is 2.14. The van der Waals surface area contributed by atoms with Crippen LogP contribution in [-0.2, 0) is 10.1 Å². The Balaban J connectivity index is 2.29. The van der Waals surface area contributed by atoms with E-state index in [1.165, 1.54) is 0 Å². The Hall–Kier alpha value is -0.170. The summed E-state index contributed by atoms with van der Waals surface area (Å²) in [5.74, 6) is 0.496. The molecular weight excluding hydrogens is 252 g/mol. The zero-order chi connectivity index (χ0) is 11.3. The van der Waals surface area contributed by atoms with Crippen molar-refractivity contribution in [2.75, 3.05) is 11.5 Å². The minimum Gasteiger partial charge on any atom is -0.286 e. The molecule has 1 rings (SSSR count). The molecule has 0 amide bonds. The van der Waals surface area contributed by atoms with E-state index in [2.05, 4.69) is 12.6 Å². The quantitative estimate of drug-likeness (QED) is 0.371. The number of hydrogen-bond donors (Lipinski definition) is 2. The van der Waals surface area contributed by atoms with Crippen molar-refractivity contribution < 1.29 is 13.0 Å². The molecule has 3 nitrogen and oxygen atoms in total. The van der Waals surface area contributed by atoms with Crippen molar-refractivity contribution >= 4 is 34.5 Å². The molecule has 0 atom stereocenters. The van der Waals surface area contributed by atoms with Gasteiger partial charge in [0.2, 0.25) is 0 Å². The lowest BCUT2D eigenvalue weighted by Crippen LogP contribution is -2.04. The molecule has 0 bridgehead atoms. The summed E-state index contributed by atoms with van der Waals surface area (Å²) >= 11 is 5.72. The minimum absolute atomic E-state index is 0.176. The Morgan fingerprint density at radius 3 is 2.40 bits per heavy atom. The van der Waals surface area contributed by atoms with Gasteiger partial charge in [0.05, 0.1) is 5.75 Å². The lowest BCUT2D eigenvalue weighted by atomic mass is 10.4. The second kappa shape index (κ2) is 5.79. The Bertz CT molecular complexity index is 397. The molecule has 1 aromatic carbocycles. The van der Waals surface area contributed by atoms with Crippen LogP contribution in [0.4, 0.5) is 0 Å². The van der Waals surface area contributed by atoms with Crippen molar-refractivity contribution in [2.45, 2.75) is 16.2 Å². The van der Waals surface area contributed by atoms with Gasteiger partial charge in [0.15, 0.2) is 0 Å². The van der Waals surface area contributed by atoms with Gasteiger partial charge in [-0.15, -0.1) is 24.4 Å². The largest absolute Gasteiger partial charge is 0.286 e. The van der Waals surface area contributed by atoms with Crippen LogP contribution in [0.15, 0.2) is 34.1 Å². The van der Waals surface area contributed by atoms with Gasteiger partial charge >= 0.3 is 0 Å². The van der Waals surface area contributed by atoms with Gasteiger partial charge < -0.3 is 0 Å². The summed E-state index contributed by atoms with van der Waals surface area (Å²) < 4.78 is 29.4. The van der Waals surface area contributed by atoms with E-state index in [-0.39, 0.29) is 5.75 Å². The van der Waals surface area contributed by atoms with E-state index < -0.39 is 10.1 Å². The summed E-state index contributed by atoms with van der Waals surface area (Å²) in [4.78, 5) is 1.97. The number of thiol groups is 1. The summed E-state index contributed by atoms with van der Waals surface area (Å²) in [6.07, 6.45) is 0.451. The van der Waals surface area contributed by atoms with Crippen molar-refractivity contribution in [3.8, 4) is 0 Å². The lowest BCUT2D eigenvalue weighted by Gasteiger charge is -2.00. The van der Waals surface area contributed by atoms with E-state index >= 15 is 0 Å². The number of thioether (sulfide) groups is 1. The van der Waals surface area contributed by atoms with E-state index in [1.54, 1.807) is 11.8 Å². The zero-order valence-corrected chi connectivity index (χ0v) is 10.5. The molecule has 0 aliphatic heterocycles. The Morgan fingerprint density at radius 1 is 1.27 bits per heavy atom. The number of benzene rings is 1. The van der Waals surface area contributed by atoms with Gasteiger partial charge in [-0.2, -0.15) is 8.42 Å². The SMILES string of the molecule is O=S(=O)(O)CCCSc1ccc(S)cc1. The monoisotopic (exact) mass is 264 g/mol. The van der Waals surface area contributed by atoms with Crippen LogP contribution in [-0.4, -0.2) is 24.5 Å². The predicted octanol–water partition coefficient (Wildman–Crippen LogP) is 2.35. The van der Waals surface area contributed by atoms with Gasteiger partial charge in [0.25, 0.3) is 10.1 Å². The van der Waals surface area contributed by atoms with Gasteiger partial charge in [0, 0.05) is 9.79 Å². The third kappa shape index (κ3) is 6.09. The van der Waals surface area contributed by atoms with Crippen LogP contribution < -0.4 is 0 Å². The summed E-state index contributed by atoms with van der Waals surface area (Å²) in [5.41, 5.74) is 0. The Morgan fingerprint density at radius 2 is 1.87 bits per heavy atom. The molecule has 0 aliphatic carbocycles. The Kier molecular flexibility index (Phi) is 4.98. The van der Waals surface area contributed by atoms with Crippen molar-refractivity contribution in [3.05, 3.63) is 24.3 Å². The van der Waals surface area contributed by atoms with Crippen LogP contribution in [0.2, 0.25) is 0 Å². The second-order valence-electron chi connectivity index (χ2n) is 2.98. The van der Waals surface area contributed by atoms with Crippen LogP contribution in [0, 0.1) is 0 Å². The summed E-state index contributed by atoms with van der Waals surface area (Å²) in [5, 5.41) is 0. The molecule has 0 aromatic heterocycles. The Labute approximate surface area is 99.4 Å². The maximum atomic E-state index is 10.4. The fourth-order valence-corrected chi connectivity index (χ4v) is 2.67. The van der Waals surface area contributed by atoms with E-state index in [4.69, 9.17) is 4.55 Å². The van der Waals surface area contributed by atoms with Gasteiger partial charge in [0.1, 0.15) is 0 Å². The highest BCUT2D eigenvalue weighted by Crippen LogP contribution is 2.20. The van der Waals surface area contributed by atoms with Crippen LogP contribution in [0.5, 0.6) is 0 Å². The number of hydrogen-bond acceptors (Lipinski definition) is 4. The molecule has 1 N–H and O–H groups in total. The zero-order valence-electron chi connectivity index (χ0n) is 7.96. The maximum Gasteiger partial charge on any atom is 0.264 e. The van der Waals surface area contributed by atoms with Crippen molar-refractivity contribution in [2.24, 2.45) is 0 Å². The van der Waals surface area contributed by atoms with E-state index in [9.17, 15) is 8.42 Å². The third-order valence-electron chi connectivity index (χ3n) is 1.65. The summed E-state index contributed by atoms with van der Waals surface area (Å²) in [6.45, 7) is 0. The first-order valence-corrected chi connectivity index (χ1v) is 7.38. The van der Waals surface area contributed by atoms with Crippen LogP contribution >= 0.6 is 24.4 Å². The van der Waals surface area contributed by atoms with Gasteiger partial charge in [-0.05, 0) is 36.4 Å². The second-order valence-corrected chi connectivity index (χ2v) is 6.24. The molecule has 0 heterocycles. The molecular formula is C9H12O3S3. The standard InChI is InChI=1S/C9H12O3S3/c10-15(11,12)7-1-6-14-9-4-2-8(13)3-5-9/h2-5,13H,1,6-7H2,(H,10,11,12). The van der Waals surface area contributed by atoms with Gasteiger partial charge in [-0.1, -0.05) is 0 Å². The van der Waals surface area contributed by atoms with Crippen LogP contribution in [0.3, 0.4) is 0 Å². The van der Waals surface area contributed by atoms with Crippen LogP contribution in [0.25, 0.3) is 0 Å². The highest BCUT2D eigenvalue weighted by molar-refractivity contribution is 7.99. The molecule has 0 aliphatic rings. The molecule has 15 heavy (non-hydrogen) atoms. The molecule has 6 heteroatoms. The highest BCUT2D eigenvalue weighted by atomic mass is 32.2. The van der Waals surface area contributed by atoms with Crippen LogP contribution in [0.1, 0.15) is 6.42 Å². The highest BCUT2D eigenvalue weighted by Gasteiger charge is 2.03. The fraction of sp³-hybridized carbons (Fsp3) is 0.333. The molecule has 0 unspecified atom stereocenters. The maximum absolute atomic E-state index is 10.4. The van der Waals surface area contributed by atoms with Crippen molar-refractivity contribution in [1.29, 1.82) is 0 Å². The summed E-state index contributed by atoms with van der Waals surface area (Å²) in [6, 6.07) is 7.63. The normalized spacial score (nSPS) is 11.6. The van der Waals surface area contributed by atoms with Gasteiger partial charge in [-0.25, -0.2) is 0 Å². The molecule has 0 saturated heterocycles. The first kappa shape index (κ1) is 12.9. The van der Waals surface area contributed by atoms with E-state index in [0.29, 0.717) is 12.2 Å². The van der Waals surface area contributed by atoms with Crippen molar-refractivity contribution in [3.63, 3.8) is 0 Å². The molecule has 1 aromatic rings. The first-order chi connectivity index (χ1) is 6.97. The summed E-state index contributed by atoms with van der Waals surface area (Å²) in [7, 11) is -3.81. The van der Waals surface area contributed by atoms with Gasteiger partial charge in [-0.3, -0.25) is 4.55 Å². The molecule has 0 saturated carbocycles. The number of rotatable bonds is 5. The van der Waals surface area contributed by atoms with E-state index in [0.717, 1.165) is 9.79 Å². The molecule has 84 valence electrons.